The molecule has 0 spiro atoms. The zero-order valence-corrected chi connectivity index (χ0v) is 8.29. The molecular formula is C7H4F3NOS2. The van der Waals surface area contributed by atoms with Crippen molar-refractivity contribution in [2.24, 2.45) is 0 Å². The lowest BCUT2D eigenvalue weighted by Crippen LogP contribution is -2.07. The number of thioether (sulfide) groups is 1. The van der Waals surface area contributed by atoms with Gasteiger partial charge in [0.2, 0.25) is 4.45 Å². The van der Waals surface area contributed by atoms with Crippen molar-refractivity contribution >= 4 is 28.8 Å². The fourth-order valence-corrected chi connectivity index (χ4v) is 1.47. The Kier molecular flexibility index (Phi) is 3.43. The SMILES string of the molecule is O=C(S)Sc1ccc(C(F)(F)F)nc1. The Balaban J connectivity index is 2.84. The van der Waals surface area contributed by atoms with Crippen LogP contribution in [-0.4, -0.2) is 9.43 Å². The summed E-state index contributed by atoms with van der Waals surface area (Å²) in [5.41, 5.74) is -0.978. The number of carbonyl (C=O) groups is 1. The first-order valence-corrected chi connectivity index (χ1v) is 4.60. The molecule has 0 N–H and O–H groups in total. The topological polar surface area (TPSA) is 30.0 Å². The smallest absolute Gasteiger partial charge is 0.274 e. The van der Waals surface area contributed by atoms with E-state index in [1.165, 1.54) is 6.07 Å². The molecular weight excluding hydrogens is 235 g/mol. The van der Waals surface area contributed by atoms with Crippen LogP contribution >= 0.6 is 24.4 Å². The molecule has 76 valence electrons. The summed E-state index contributed by atoms with van der Waals surface area (Å²) in [6, 6.07) is 1.99. The van der Waals surface area contributed by atoms with Gasteiger partial charge in [0, 0.05) is 11.1 Å². The molecule has 0 saturated heterocycles. The molecule has 0 radical (unpaired) electrons. The van der Waals surface area contributed by atoms with Crippen LogP contribution in [0.2, 0.25) is 0 Å². The number of rotatable bonds is 1. The standard InChI is InChI=1S/C7H4F3NOS2/c8-7(9,10)5-2-1-4(3-11-5)14-6(12)13/h1-3H,(H,12,13). The highest BCUT2D eigenvalue weighted by molar-refractivity contribution is 8.32. The van der Waals surface area contributed by atoms with Crippen LogP contribution in [0.5, 0.6) is 0 Å². The van der Waals surface area contributed by atoms with Gasteiger partial charge in [-0.05, 0) is 23.9 Å². The first kappa shape index (κ1) is 11.4. The maximum Gasteiger partial charge on any atom is 0.433 e. The molecule has 0 fully saturated rings. The maximum atomic E-state index is 12.0. The van der Waals surface area contributed by atoms with E-state index in [2.05, 4.69) is 17.6 Å². The average molecular weight is 239 g/mol. The highest BCUT2D eigenvalue weighted by atomic mass is 32.2. The first-order valence-electron chi connectivity index (χ1n) is 3.33. The van der Waals surface area contributed by atoms with Gasteiger partial charge in [-0.2, -0.15) is 13.2 Å². The minimum Gasteiger partial charge on any atom is -0.274 e. The third-order valence-electron chi connectivity index (χ3n) is 1.23. The molecule has 0 aliphatic rings. The summed E-state index contributed by atoms with van der Waals surface area (Å²) in [6.07, 6.45) is -3.46. The van der Waals surface area contributed by atoms with Crippen molar-refractivity contribution in [3.05, 3.63) is 24.0 Å². The third kappa shape index (κ3) is 3.22. The van der Waals surface area contributed by atoms with E-state index in [4.69, 9.17) is 0 Å². The highest BCUT2D eigenvalue weighted by Crippen LogP contribution is 2.29. The van der Waals surface area contributed by atoms with Crippen molar-refractivity contribution < 1.29 is 18.0 Å². The Labute approximate surface area is 87.3 Å². The van der Waals surface area contributed by atoms with Crippen LogP contribution in [0, 0.1) is 0 Å². The van der Waals surface area contributed by atoms with Crippen LogP contribution in [0.25, 0.3) is 0 Å². The van der Waals surface area contributed by atoms with E-state index < -0.39 is 16.3 Å². The lowest BCUT2D eigenvalue weighted by Gasteiger charge is -2.04. The molecule has 0 aromatic carbocycles. The van der Waals surface area contributed by atoms with E-state index in [0.717, 1.165) is 12.3 Å². The summed E-state index contributed by atoms with van der Waals surface area (Å²) in [4.78, 5) is 14.0. The molecule has 1 aromatic rings. The predicted molar refractivity (Wildman–Crippen MR) is 49.5 cm³/mol. The molecule has 1 aromatic heterocycles. The fourth-order valence-electron chi connectivity index (χ4n) is 0.709. The molecule has 0 unspecified atom stereocenters. The number of hydrogen-bond acceptors (Lipinski definition) is 3. The number of hydrogen-bond donors (Lipinski definition) is 1. The van der Waals surface area contributed by atoms with Crippen molar-refractivity contribution in [1.82, 2.24) is 4.98 Å². The molecule has 0 saturated carbocycles. The van der Waals surface area contributed by atoms with Crippen molar-refractivity contribution in [2.45, 2.75) is 11.1 Å². The van der Waals surface area contributed by atoms with E-state index in [0.29, 0.717) is 16.7 Å². The normalized spacial score (nSPS) is 11.4. The second kappa shape index (κ2) is 4.22. The highest BCUT2D eigenvalue weighted by Gasteiger charge is 2.32. The van der Waals surface area contributed by atoms with Crippen molar-refractivity contribution in [3.8, 4) is 0 Å². The molecule has 14 heavy (non-hydrogen) atoms. The number of alkyl halides is 3. The van der Waals surface area contributed by atoms with E-state index >= 15 is 0 Å². The van der Waals surface area contributed by atoms with Crippen LogP contribution in [0.4, 0.5) is 18.0 Å². The van der Waals surface area contributed by atoms with Crippen molar-refractivity contribution in [2.75, 3.05) is 0 Å². The number of carbonyl (C=O) groups excluding carboxylic acids is 1. The van der Waals surface area contributed by atoms with E-state index in [-0.39, 0.29) is 0 Å². The van der Waals surface area contributed by atoms with Gasteiger partial charge in [-0.15, -0.1) is 0 Å². The minimum atomic E-state index is -4.45. The summed E-state index contributed by atoms with van der Waals surface area (Å²) < 4.78 is 35.6. The Hall–Kier alpha value is -0.690. The van der Waals surface area contributed by atoms with Gasteiger partial charge in [-0.3, -0.25) is 9.78 Å². The van der Waals surface area contributed by atoms with Crippen LogP contribution in [0.1, 0.15) is 5.69 Å². The Morgan fingerprint density at radius 2 is 2.07 bits per heavy atom. The number of pyridine rings is 1. The molecule has 0 atom stereocenters. The van der Waals surface area contributed by atoms with Gasteiger partial charge in [0.25, 0.3) is 0 Å². The monoisotopic (exact) mass is 239 g/mol. The molecule has 0 aliphatic heterocycles. The molecule has 1 heterocycles. The second-order valence-electron chi connectivity index (χ2n) is 2.24. The number of nitrogens with zero attached hydrogens (tertiary/aromatic N) is 1. The fraction of sp³-hybridized carbons (Fsp3) is 0.143. The van der Waals surface area contributed by atoms with Gasteiger partial charge >= 0.3 is 6.18 Å². The summed E-state index contributed by atoms with van der Waals surface area (Å²) >= 11 is 4.18. The van der Waals surface area contributed by atoms with Gasteiger partial charge in [0.05, 0.1) is 0 Å². The van der Waals surface area contributed by atoms with Gasteiger partial charge < -0.3 is 0 Å². The number of thiol groups is 1. The van der Waals surface area contributed by atoms with Gasteiger partial charge in [-0.25, -0.2) is 0 Å². The molecule has 0 amide bonds. The van der Waals surface area contributed by atoms with E-state index in [1.54, 1.807) is 0 Å². The Bertz CT molecular complexity index is 336. The largest absolute Gasteiger partial charge is 0.433 e. The lowest BCUT2D eigenvalue weighted by molar-refractivity contribution is -0.141. The first-order chi connectivity index (χ1) is 6.39. The predicted octanol–water partition coefficient (Wildman–Crippen LogP) is 3.24. The van der Waals surface area contributed by atoms with E-state index in [9.17, 15) is 18.0 Å². The van der Waals surface area contributed by atoms with Gasteiger partial charge in [0.15, 0.2) is 0 Å². The van der Waals surface area contributed by atoms with Crippen molar-refractivity contribution in [3.63, 3.8) is 0 Å². The lowest BCUT2D eigenvalue weighted by atomic mass is 10.3. The summed E-state index contributed by atoms with van der Waals surface area (Å²) in [5, 5.41) is 0. The third-order valence-corrected chi connectivity index (χ3v) is 2.16. The molecule has 2 nitrogen and oxygen atoms in total. The zero-order chi connectivity index (χ0) is 10.8. The van der Waals surface area contributed by atoms with Crippen LogP contribution in [0.15, 0.2) is 23.2 Å². The second-order valence-corrected chi connectivity index (χ2v) is 4.00. The summed E-state index contributed by atoms with van der Waals surface area (Å²) in [7, 11) is 0. The molecule has 7 heteroatoms. The summed E-state index contributed by atoms with van der Waals surface area (Å²) in [6.45, 7) is 0. The molecule has 0 aliphatic carbocycles. The zero-order valence-electron chi connectivity index (χ0n) is 6.58. The van der Waals surface area contributed by atoms with Crippen LogP contribution in [-0.2, 0) is 6.18 Å². The minimum absolute atomic E-state index is 0.331. The Morgan fingerprint density at radius 3 is 2.43 bits per heavy atom. The summed E-state index contributed by atoms with van der Waals surface area (Å²) in [5.74, 6) is 0. The van der Waals surface area contributed by atoms with Gasteiger partial charge in [-0.1, -0.05) is 12.6 Å². The number of aromatic nitrogens is 1. The molecule has 1 rings (SSSR count). The average Bonchev–Trinajstić information content (AvgIpc) is 2.02. The maximum absolute atomic E-state index is 12.0. The van der Waals surface area contributed by atoms with Crippen LogP contribution < -0.4 is 0 Å². The van der Waals surface area contributed by atoms with Crippen molar-refractivity contribution in [1.29, 1.82) is 0 Å². The van der Waals surface area contributed by atoms with Crippen LogP contribution in [0.3, 0.4) is 0 Å². The van der Waals surface area contributed by atoms with Gasteiger partial charge in [0.1, 0.15) is 5.69 Å². The quantitative estimate of drug-likeness (QED) is 0.602. The molecule has 0 bridgehead atoms. The number of halogens is 3. The Morgan fingerprint density at radius 1 is 1.43 bits per heavy atom. The van der Waals surface area contributed by atoms with E-state index in [1.807, 2.05) is 0 Å².